The number of rotatable bonds is 5. The fourth-order valence-corrected chi connectivity index (χ4v) is 4.17. The molecule has 1 aromatic carbocycles. The number of hydrogen-bond donors (Lipinski definition) is 1. The molecule has 1 aliphatic carbocycles. The molecule has 0 unspecified atom stereocenters. The molecule has 3 aliphatic rings. The zero-order chi connectivity index (χ0) is 19.5. The van der Waals surface area contributed by atoms with Crippen molar-refractivity contribution in [2.75, 3.05) is 43.1 Å². The van der Waals surface area contributed by atoms with Crippen LogP contribution in [0.3, 0.4) is 0 Å². The molecule has 28 heavy (non-hydrogen) atoms. The van der Waals surface area contributed by atoms with Gasteiger partial charge in [-0.05, 0) is 25.0 Å². The molecule has 2 atom stereocenters. The van der Waals surface area contributed by atoms with E-state index in [2.05, 4.69) is 10.2 Å². The summed E-state index contributed by atoms with van der Waals surface area (Å²) in [5, 5.41) is 2.94. The monoisotopic (exact) mass is 383 g/mol. The topological polar surface area (TPSA) is 79.0 Å². The van der Waals surface area contributed by atoms with Gasteiger partial charge >= 0.3 is 0 Å². The van der Waals surface area contributed by atoms with Crippen LogP contribution >= 0.6 is 0 Å². The molecule has 0 bridgehead atoms. The number of imide groups is 1. The van der Waals surface area contributed by atoms with Gasteiger partial charge in [-0.1, -0.05) is 24.3 Å². The zero-order valence-corrected chi connectivity index (χ0v) is 15.8. The third kappa shape index (κ3) is 3.67. The predicted molar refractivity (Wildman–Crippen MR) is 105 cm³/mol. The highest BCUT2D eigenvalue weighted by molar-refractivity contribution is 6.06. The Morgan fingerprint density at radius 3 is 2.36 bits per heavy atom. The van der Waals surface area contributed by atoms with Gasteiger partial charge in [-0.2, -0.15) is 0 Å². The lowest BCUT2D eigenvalue weighted by Crippen LogP contribution is -2.37. The summed E-state index contributed by atoms with van der Waals surface area (Å²) in [6.07, 6.45) is 5.26. The van der Waals surface area contributed by atoms with E-state index in [1.54, 1.807) is 0 Å². The van der Waals surface area contributed by atoms with Crippen LogP contribution in [0.15, 0.2) is 36.4 Å². The summed E-state index contributed by atoms with van der Waals surface area (Å²) < 4.78 is 5.40. The number of morpholine rings is 1. The Labute approximate surface area is 164 Å². The average Bonchev–Trinajstić information content (AvgIpc) is 2.98. The minimum absolute atomic E-state index is 0.0990. The van der Waals surface area contributed by atoms with Crippen LogP contribution in [0.1, 0.15) is 19.3 Å². The molecule has 1 aromatic rings. The Hall–Kier alpha value is -2.67. The molecule has 148 valence electrons. The Kier molecular flexibility index (Phi) is 5.43. The maximum atomic E-state index is 12.5. The lowest BCUT2D eigenvalue weighted by atomic mass is 9.85. The van der Waals surface area contributed by atoms with Crippen LogP contribution in [0.5, 0.6) is 0 Å². The van der Waals surface area contributed by atoms with Crippen LogP contribution in [0.25, 0.3) is 0 Å². The summed E-state index contributed by atoms with van der Waals surface area (Å²) >= 11 is 0. The number of ether oxygens (including phenoxy) is 1. The summed E-state index contributed by atoms with van der Waals surface area (Å²) in [6.45, 7) is 3.02. The number of nitrogens with one attached hydrogen (secondary N) is 1. The first-order chi connectivity index (χ1) is 13.6. The standard InChI is InChI=1S/C21H25N3O4/c25-19(9-10-24-20(26)15-5-1-2-6-16(15)21(24)27)22-17-7-3-4-8-18(17)23-11-13-28-14-12-23/h1-4,7-8,15-16H,5-6,9-14H2,(H,22,25)/t15-,16-/m1/s1. The predicted octanol–water partition coefficient (Wildman–Crippen LogP) is 1.80. The van der Waals surface area contributed by atoms with Crippen molar-refractivity contribution in [1.29, 1.82) is 0 Å². The van der Waals surface area contributed by atoms with Crippen molar-refractivity contribution in [1.82, 2.24) is 4.90 Å². The molecule has 2 saturated heterocycles. The Morgan fingerprint density at radius 2 is 1.68 bits per heavy atom. The second-order valence-electron chi connectivity index (χ2n) is 7.40. The van der Waals surface area contributed by atoms with Crippen LogP contribution in [0, 0.1) is 11.8 Å². The quantitative estimate of drug-likeness (QED) is 0.620. The molecule has 7 heteroatoms. The first-order valence-electron chi connectivity index (χ1n) is 9.87. The summed E-state index contributed by atoms with van der Waals surface area (Å²) in [5.74, 6) is -0.971. The minimum atomic E-state index is -0.248. The van der Waals surface area contributed by atoms with E-state index < -0.39 is 0 Å². The zero-order valence-electron chi connectivity index (χ0n) is 15.8. The van der Waals surface area contributed by atoms with Gasteiger partial charge in [0.05, 0.1) is 36.4 Å². The smallest absolute Gasteiger partial charge is 0.233 e. The van der Waals surface area contributed by atoms with Gasteiger partial charge in [0.25, 0.3) is 0 Å². The number of benzene rings is 1. The Bertz CT molecular complexity index is 775. The van der Waals surface area contributed by atoms with Crippen molar-refractivity contribution < 1.29 is 19.1 Å². The normalized spacial score (nSPS) is 24.4. The summed E-state index contributed by atoms with van der Waals surface area (Å²) in [4.78, 5) is 41.0. The molecule has 1 N–H and O–H groups in total. The second kappa shape index (κ2) is 8.14. The first kappa shape index (κ1) is 18.7. The van der Waals surface area contributed by atoms with E-state index in [-0.39, 0.29) is 42.5 Å². The average molecular weight is 383 g/mol. The second-order valence-corrected chi connectivity index (χ2v) is 7.40. The number of nitrogens with zero attached hydrogens (tertiary/aromatic N) is 2. The third-order valence-electron chi connectivity index (χ3n) is 5.69. The summed E-state index contributed by atoms with van der Waals surface area (Å²) in [6, 6.07) is 7.67. The highest BCUT2D eigenvalue weighted by atomic mass is 16.5. The SMILES string of the molecule is O=C(CCN1C(=O)[C@@H]2CC=CC[C@H]2C1=O)Nc1ccccc1N1CCOCC1. The van der Waals surface area contributed by atoms with Crippen LogP contribution in [0.4, 0.5) is 11.4 Å². The number of carbonyl (C=O) groups is 3. The van der Waals surface area contributed by atoms with E-state index in [0.717, 1.165) is 24.5 Å². The number of likely N-dealkylation sites (tertiary alicyclic amines) is 1. The number of carbonyl (C=O) groups excluding carboxylic acids is 3. The molecule has 0 aromatic heterocycles. The molecule has 0 saturated carbocycles. The van der Waals surface area contributed by atoms with Gasteiger partial charge in [-0.3, -0.25) is 19.3 Å². The van der Waals surface area contributed by atoms with Crippen LogP contribution in [-0.4, -0.2) is 55.5 Å². The van der Waals surface area contributed by atoms with Gasteiger partial charge in [-0.15, -0.1) is 0 Å². The fourth-order valence-electron chi connectivity index (χ4n) is 4.17. The lowest BCUT2D eigenvalue weighted by Gasteiger charge is -2.30. The maximum Gasteiger partial charge on any atom is 0.233 e. The van der Waals surface area contributed by atoms with Crippen molar-refractivity contribution in [3.8, 4) is 0 Å². The van der Waals surface area contributed by atoms with Gasteiger partial charge in [-0.25, -0.2) is 0 Å². The van der Waals surface area contributed by atoms with Gasteiger partial charge < -0.3 is 15.0 Å². The number of para-hydroxylation sites is 2. The van der Waals surface area contributed by atoms with Crippen molar-refractivity contribution in [3.63, 3.8) is 0 Å². The molecule has 4 rings (SSSR count). The van der Waals surface area contributed by atoms with Gasteiger partial charge in [0.1, 0.15) is 0 Å². The molecular weight excluding hydrogens is 358 g/mol. The number of hydrogen-bond acceptors (Lipinski definition) is 5. The van der Waals surface area contributed by atoms with E-state index in [0.29, 0.717) is 26.1 Å². The van der Waals surface area contributed by atoms with Gasteiger partial charge in [0.2, 0.25) is 17.7 Å². The fraction of sp³-hybridized carbons (Fsp3) is 0.476. The van der Waals surface area contributed by atoms with Gasteiger partial charge in [0, 0.05) is 26.1 Å². The molecule has 0 radical (unpaired) electrons. The summed E-state index contributed by atoms with van der Waals surface area (Å²) in [7, 11) is 0. The molecule has 0 spiro atoms. The molecule has 2 fully saturated rings. The molecule has 2 aliphatic heterocycles. The highest BCUT2D eigenvalue weighted by Crippen LogP contribution is 2.35. The Morgan fingerprint density at radius 1 is 1.04 bits per heavy atom. The number of amides is 3. The summed E-state index contributed by atoms with van der Waals surface area (Å²) in [5.41, 5.74) is 1.70. The first-order valence-corrected chi connectivity index (χ1v) is 9.87. The van der Waals surface area contributed by atoms with Crippen molar-refractivity contribution >= 4 is 29.1 Å². The van der Waals surface area contributed by atoms with E-state index in [1.807, 2.05) is 36.4 Å². The van der Waals surface area contributed by atoms with Crippen molar-refractivity contribution in [2.24, 2.45) is 11.8 Å². The van der Waals surface area contributed by atoms with Crippen molar-refractivity contribution in [2.45, 2.75) is 19.3 Å². The third-order valence-corrected chi connectivity index (χ3v) is 5.69. The molecular formula is C21H25N3O4. The maximum absolute atomic E-state index is 12.5. The number of allylic oxidation sites excluding steroid dienone is 2. The van der Waals surface area contributed by atoms with Gasteiger partial charge in [0.15, 0.2) is 0 Å². The number of fused-ring (bicyclic) bond motifs is 1. The van der Waals surface area contributed by atoms with E-state index in [9.17, 15) is 14.4 Å². The van der Waals surface area contributed by atoms with Crippen LogP contribution in [-0.2, 0) is 19.1 Å². The van der Waals surface area contributed by atoms with E-state index in [4.69, 9.17) is 4.74 Å². The largest absolute Gasteiger partial charge is 0.378 e. The van der Waals surface area contributed by atoms with E-state index >= 15 is 0 Å². The minimum Gasteiger partial charge on any atom is -0.378 e. The van der Waals surface area contributed by atoms with Crippen molar-refractivity contribution in [3.05, 3.63) is 36.4 Å². The highest BCUT2D eigenvalue weighted by Gasteiger charge is 2.46. The molecule has 3 amide bonds. The van der Waals surface area contributed by atoms with Crippen LogP contribution < -0.4 is 10.2 Å². The Balaban J connectivity index is 1.37. The number of anilines is 2. The molecule has 7 nitrogen and oxygen atoms in total. The van der Waals surface area contributed by atoms with Crippen LogP contribution in [0.2, 0.25) is 0 Å². The van der Waals surface area contributed by atoms with E-state index in [1.165, 1.54) is 4.90 Å². The lowest BCUT2D eigenvalue weighted by molar-refractivity contribution is -0.140. The molecule has 2 heterocycles.